The van der Waals surface area contributed by atoms with E-state index in [0.717, 1.165) is 17.9 Å². The molecule has 0 aromatic heterocycles. The van der Waals surface area contributed by atoms with Gasteiger partial charge in [-0.05, 0) is 44.1 Å². The molecule has 1 saturated carbocycles. The Balaban J connectivity index is 1.88. The van der Waals surface area contributed by atoms with E-state index in [1.54, 1.807) is 0 Å². The zero-order valence-corrected chi connectivity index (χ0v) is 11.3. The average molecular weight is 223 g/mol. The summed E-state index contributed by atoms with van der Waals surface area (Å²) in [7, 11) is 0. The molecule has 0 aromatic carbocycles. The molecule has 2 aliphatic rings. The van der Waals surface area contributed by atoms with Crippen molar-refractivity contribution >= 4 is 0 Å². The topological polar surface area (TPSA) is 3.24 Å². The molecule has 2 rings (SSSR count). The monoisotopic (exact) mass is 223 g/mol. The van der Waals surface area contributed by atoms with E-state index in [1.807, 2.05) is 0 Å². The van der Waals surface area contributed by atoms with Gasteiger partial charge in [0.25, 0.3) is 0 Å². The van der Waals surface area contributed by atoms with Crippen molar-refractivity contribution in [3.8, 4) is 0 Å². The molecular weight excluding hydrogens is 194 g/mol. The summed E-state index contributed by atoms with van der Waals surface area (Å²) in [6.45, 7) is 7.51. The van der Waals surface area contributed by atoms with Crippen LogP contribution < -0.4 is 0 Å². The lowest BCUT2D eigenvalue weighted by atomic mass is 9.74. The van der Waals surface area contributed by atoms with E-state index in [-0.39, 0.29) is 0 Å². The third-order valence-electron chi connectivity index (χ3n) is 4.93. The molecule has 0 aromatic rings. The molecule has 2 fully saturated rings. The van der Waals surface area contributed by atoms with Crippen molar-refractivity contribution in [2.45, 2.75) is 71.3 Å². The molecule has 1 aliphatic carbocycles. The zero-order chi connectivity index (χ0) is 11.4. The van der Waals surface area contributed by atoms with Gasteiger partial charge in [0, 0.05) is 12.6 Å². The van der Waals surface area contributed by atoms with Crippen molar-refractivity contribution in [1.29, 1.82) is 0 Å². The van der Waals surface area contributed by atoms with Crippen molar-refractivity contribution in [2.75, 3.05) is 13.1 Å². The fourth-order valence-electron chi connectivity index (χ4n) is 3.94. The van der Waals surface area contributed by atoms with Gasteiger partial charge in [-0.3, -0.25) is 0 Å². The Morgan fingerprint density at radius 1 is 1.06 bits per heavy atom. The molecule has 16 heavy (non-hydrogen) atoms. The molecule has 0 radical (unpaired) electrons. The van der Waals surface area contributed by atoms with Crippen LogP contribution in [0.3, 0.4) is 0 Å². The average Bonchev–Trinajstić information content (AvgIpc) is 2.35. The lowest BCUT2D eigenvalue weighted by Crippen LogP contribution is -2.46. The minimum absolute atomic E-state index is 0.882. The van der Waals surface area contributed by atoms with Crippen LogP contribution >= 0.6 is 0 Å². The summed E-state index contributed by atoms with van der Waals surface area (Å²) in [5.41, 5.74) is 0. The molecule has 3 atom stereocenters. The third-order valence-corrected chi connectivity index (χ3v) is 4.93. The standard InChI is InChI=1S/C15H29N/c1-3-7-15(4-2)16-11-10-13-8-5-6-9-14(13)12-16/h13-15H,3-12H2,1-2H3. The molecule has 1 saturated heterocycles. The van der Waals surface area contributed by atoms with E-state index in [9.17, 15) is 0 Å². The molecule has 1 heterocycles. The summed E-state index contributed by atoms with van der Waals surface area (Å²) in [4.78, 5) is 2.82. The smallest absolute Gasteiger partial charge is 0.00926 e. The Hall–Kier alpha value is -0.0400. The molecule has 3 unspecified atom stereocenters. The molecule has 1 aliphatic heterocycles. The minimum atomic E-state index is 0.882. The summed E-state index contributed by atoms with van der Waals surface area (Å²) >= 11 is 0. The van der Waals surface area contributed by atoms with Crippen LogP contribution in [0.15, 0.2) is 0 Å². The second kappa shape index (κ2) is 6.05. The van der Waals surface area contributed by atoms with Gasteiger partial charge in [-0.15, -0.1) is 0 Å². The predicted molar refractivity (Wildman–Crippen MR) is 70.6 cm³/mol. The second-order valence-corrected chi connectivity index (χ2v) is 5.94. The molecule has 1 nitrogen and oxygen atoms in total. The molecule has 0 N–H and O–H groups in total. The number of nitrogens with zero attached hydrogens (tertiary/aromatic N) is 1. The summed E-state index contributed by atoms with van der Waals surface area (Å²) in [6, 6.07) is 0.882. The van der Waals surface area contributed by atoms with E-state index in [4.69, 9.17) is 0 Å². The zero-order valence-electron chi connectivity index (χ0n) is 11.3. The third kappa shape index (κ3) is 2.80. The Morgan fingerprint density at radius 2 is 1.81 bits per heavy atom. The summed E-state index contributed by atoms with van der Waals surface area (Å²) in [5, 5.41) is 0. The Morgan fingerprint density at radius 3 is 2.50 bits per heavy atom. The van der Waals surface area contributed by atoms with Gasteiger partial charge in [0.2, 0.25) is 0 Å². The van der Waals surface area contributed by atoms with Crippen LogP contribution in [0.5, 0.6) is 0 Å². The quantitative estimate of drug-likeness (QED) is 0.694. The number of piperidine rings is 1. The first-order valence-corrected chi connectivity index (χ1v) is 7.59. The molecular formula is C15H29N. The van der Waals surface area contributed by atoms with E-state index in [2.05, 4.69) is 18.7 Å². The van der Waals surface area contributed by atoms with Crippen LogP contribution in [-0.4, -0.2) is 24.0 Å². The molecule has 1 heteroatoms. The fourth-order valence-corrected chi connectivity index (χ4v) is 3.94. The van der Waals surface area contributed by atoms with Crippen LogP contribution in [0.4, 0.5) is 0 Å². The minimum Gasteiger partial charge on any atom is -0.300 e. The maximum Gasteiger partial charge on any atom is 0.00926 e. The van der Waals surface area contributed by atoms with Crippen LogP contribution in [0.2, 0.25) is 0 Å². The molecule has 0 amide bonds. The fraction of sp³-hybridized carbons (Fsp3) is 1.00. The van der Waals surface area contributed by atoms with E-state index in [0.29, 0.717) is 0 Å². The SMILES string of the molecule is CCCC(CC)N1CCC2CCCCC2C1. The van der Waals surface area contributed by atoms with Gasteiger partial charge < -0.3 is 4.90 Å². The van der Waals surface area contributed by atoms with E-state index in [1.165, 1.54) is 64.5 Å². The summed E-state index contributed by atoms with van der Waals surface area (Å²) in [6.07, 6.45) is 11.7. The number of likely N-dealkylation sites (tertiary alicyclic amines) is 1. The highest BCUT2D eigenvalue weighted by atomic mass is 15.2. The van der Waals surface area contributed by atoms with Crippen LogP contribution in [0, 0.1) is 11.8 Å². The maximum absolute atomic E-state index is 2.82. The largest absolute Gasteiger partial charge is 0.300 e. The lowest BCUT2D eigenvalue weighted by molar-refractivity contribution is 0.0522. The van der Waals surface area contributed by atoms with Gasteiger partial charge >= 0.3 is 0 Å². The van der Waals surface area contributed by atoms with Gasteiger partial charge in [-0.25, -0.2) is 0 Å². The van der Waals surface area contributed by atoms with Crippen molar-refractivity contribution < 1.29 is 0 Å². The van der Waals surface area contributed by atoms with Crippen molar-refractivity contribution in [1.82, 2.24) is 4.90 Å². The second-order valence-electron chi connectivity index (χ2n) is 5.94. The van der Waals surface area contributed by atoms with Crippen LogP contribution in [0.1, 0.15) is 65.2 Å². The first kappa shape index (κ1) is 12.4. The lowest BCUT2D eigenvalue weighted by Gasteiger charge is -2.44. The Labute approximate surface area is 102 Å². The first-order chi connectivity index (χ1) is 7.85. The van der Waals surface area contributed by atoms with Crippen molar-refractivity contribution in [2.24, 2.45) is 11.8 Å². The molecule has 94 valence electrons. The van der Waals surface area contributed by atoms with Gasteiger partial charge in [0.05, 0.1) is 0 Å². The van der Waals surface area contributed by atoms with Gasteiger partial charge in [-0.1, -0.05) is 39.5 Å². The van der Waals surface area contributed by atoms with E-state index >= 15 is 0 Å². The first-order valence-electron chi connectivity index (χ1n) is 7.59. The molecule has 0 bridgehead atoms. The highest BCUT2D eigenvalue weighted by molar-refractivity contribution is 4.86. The summed E-state index contributed by atoms with van der Waals surface area (Å²) < 4.78 is 0. The maximum atomic E-state index is 2.82. The van der Waals surface area contributed by atoms with Crippen LogP contribution in [0.25, 0.3) is 0 Å². The number of rotatable bonds is 4. The van der Waals surface area contributed by atoms with Gasteiger partial charge in [0.1, 0.15) is 0 Å². The summed E-state index contributed by atoms with van der Waals surface area (Å²) in [5.74, 6) is 2.14. The highest BCUT2D eigenvalue weighted by Gasteiger charge is 2.32. The number of fused-ring (bicyclic) bond motifs is 1. The number of hydrogen-bond acceptors (Lipinski definition) is 1. The van der Waals surface area contributed by atoms with Crippen molar-refractivity contribution in [3.05, 3.63) is 0 Å². The van der Waals surface area contributed by atoms with Gasteiger partial charge in [0.15, 0.2) is 0 Å². The van der Waals surface area contributed by atoms with Crippen LogP contribution in [-0.2, 0) is 0 Å². The van der Waals surface area contributed by atoms with Gasteiger partial charge in [-0.2, -0.15) is 0 Å². The van der Waals surface area contributed by atoms with Crippen molar-refractivity contribution in [3.63, 3.8) is 0 Å². The highest BCUT2D eigenvalue weighted by Crippen LogP contribution is 2.37. The number of hydrogen-bond donors (Lipinski definition) is 0. The Kier molecular flexibility index (Phi) is 4.69. The normalized spacial score (nSPS) is 33.4. The predicted octanol–water partition coefficient (Wildman–Crippen LogP) is 4.08. The Bertz CT molecular complexity index is 202. The molecule has 0 spiro atoms. The van der Waals surface area contributed by atoms with E-state index < -0.39 is 0 Å².